The lowest BCUT2D eigenvalue weighted by Gasteiger charge is -2.24. The molecule has 1 saturated carbocycles. The van der Waals surface area contributed by atoms with Crippen molar-refractivity contribution in [1.29, 1.82) is 0 Å². The second-order valence-corrected chi connectivity index (χ2v) is 5.42. The molecule has 1 aliphatic rings. The molecular formula is C12H23N3O3. The Hall–Kier alpha value is -1.30. The summed E-state index contributed by atoms with van der Waals surface area (Å²) in [5.41, 5.74) is -0.734. The Labute approximate surface area is 108 Å². The maximum atomic E-state index is 11.5. The van der Waals surface area contributed by atoms with Crippen LogP contribution in [-0.2, 0) is 4.79 Å². The van der Waals surface area contributed by atoms with Crippen LogP contribution in [0.1, 0.15) is 39.5 Å². The van der Waals surface area contributed by atoms with Crippen LogP contribution in [0.2, 0.25) is 0 Å². The highest BCUT2D eigenvalue weighted by Gasteiger charge is 2.23. The summed E-state index contributed by atoms with van der Waals surface area (Å²) in [6.07, 6.45) is 3.31. The molecule has 0 saturated heterocycles. The van der Waals surface area contributed by atoms with Crippen LogP contribution in [0, 0.1) is 0 Å². The minimum Gasteiger partial charge on any atom is -0.481 e. The summed E-state index contributed by atoms with van der Waals surface area (Å²) in [5, 5.41) is 17.4. The zero-order valence-electron chi connectivity index (χ0n) is 11.1. The molecule has 6 heteroatoms. The van der Waals surface area contributed by atoms with E-state index in [4.69, 9.17) is 5.11 Å². The number of rotatable bonds is 8. The van der Waals surface area contributed by atoms with E-state index in [1.807, 2.05) is 0 Å². The van der Waals surface area contributed by atoms with Gasteiger partial charge in [0.15, 0.2) is 0 Å². The lowest BCUT2D eigenvalue weighted by atomic mass is 10.0. The van der Waals surface area contributed by atoms with Crippen molar-refractivity contribution in [2.75, 3.05) is 13.1 Å². The Morgan fingerprint density at radius 3 is 2.50 bits per heavy atom. The predicted octanol–water partition coefficient (Wildman–Crippen LogP) is 0.681. The van der Waals surface area contributed by atoms with Gasteiger partial charge in [-0.1, -0.05) is 0 Å². The van der Waals surface area contributed by atoms with Crippen LogP contribution < -0.4 is 16.0 Å². The fraction of sp³-hybridized carbons (Fsp3) is 0.833. The maximum absolute atomic E-state index is 11.5. The third-order valence-corrected chi connectivity index (χ3v) is 2.69. The zero-order chi connectivity index (χ0) is 13.6. The summed E-state index contributed by atoms with van der Waals surface area (Å²) in [6.45, 7) is 4.88. The number of amides is 2. The monoisotopic (exact) mass is 257 g/mol. The highest BCUT2D eigenvalue weighted by molar-refractivity contribution is 5.76. The molecule has 0 atom stereocenters. The van der Waals surface area contributed by atoms with Gasteiger partial charge in [-0.3, -0.25) is 4.79 Å². The van der Waals surface area contributed by atoms with Gasteiger partial charge in [0.25, 0.3) is 0 Å². The van der Waals surface area contributed by atoms with Crippen molar-refractivity contribution in [3.05, 3.63) is 0 Å². The third kappa shape index (κ3) is 7.11. The van der Waals surface area contributed by atoms with E-state index < -0.39 is 11.5 Å². The molecule has 1 rings (SSSR count). The lowest BCUT2D eigenvalue weighted by Crippen LogP contribution is -2.49. The van der Waals surface area contributed by atoms with Crippen molar-refractivity contribution in [1.82, 2.24) is 16.0 Å². The van der Waals surface area contributed by atoms with Crippen LogP contribution >= 0.6 is 0 Å². The molecule has 0 aliphatic heterocycles. The topological polar surface area (TPSA) is 90.5 Å². The van der Waals surface area contributed by atoms with Crippen LogP contribution in [0.15, 0.2) is 0 Å². The summed E-state index contributed by atoms with van der Waals surface area (Å²) in [5.74, 6) is -0.922. The number of hydrogen-bond acceptors (Lipinski definition) is 3. The standard InChI is InChI=1S/C12H23N3O3/c1-12(2,8-10(16)17)15-11(18)14-7-3-6-13-9-4-5-9/h9,13H,3-8H2,1-2H3,(H,16,17)(H2,14,15,18). The van der Waals surface area contributed by atoms with Crippen molar-refractivity contribution in [3.8, 4) is 0 Å². The van der Waals surface area contributed by atoms with Gasteiger partial charge >= 0.3 is 12.0 Å². The van der Waals surface area contributed by atoms with E-state index >= 15 is 0 Å². The Bertz CT molecular complexity index is 301. The number of carboxylic acid groups (broad SMARTS) is 1. The molecule has 18 heavy (non-hydrogen) atoms. The van der Waals surface area contributed by atoms with Crippen LogP contribution in [0.5, 0.6) is 0 Å². The third-order valence-electron chi connectivity index (χ3n) is 2.69. The van der Waals surface area contributed by atoms with E-state index in [1.165, 1.54) is 12.8 Å². The minimum absolute atomic E-state index is 0.0936. The molecule has 1 fully saturated rings. The van der Waals surface area contributed by atoms with Gasteiger partial charge in [0, 0.05) is 18.1 Å². The fourth-order valence-electron chi connectivity index (χ4n) is 1.66. The first-order chi connectivity index (χ1) is 8.39. The average Bonchev–Trinajstić information content (AvgIpc) is 2.97. The molecule has 0 aromatic rings. The first-order valence-corrected chi connectivity index (χ1v) is 6.40. The zero-order valence-corrected chi connectivity index (χ0v) is 11.1. The molecule has 0 aromatic carbocycles. The fourth-order valence-corrected chi connectivity index (χ4v) is 1.66. The molecule has 0 unspecified atom stereocenters. The SMILES string of the molecule is CC(C)(CC(=O)O)NC(=O)NCCCNC1CC1. The number of nitrogens with one attached hydrogen (secondary N) is 3. The van der Waals surface area contributed by atoms with E-state index in [0.29, 0.717) is 12.6 Å². The van der Waals surface area contributed by atoms with Gasteiger partial charge in [-0.15, -0.1) is 0 Å². The number of carboxylic acids is 1. The summed E-state index contributed by atoms with van der Waals surface area (Å²) in [7, 11) is 0. The molecule has 6 nitrogen and oxygen atoms in total. The molecule has 0 spiro atoms. The molecule has 0 bridgehead atoms. The number of carbonyl (C=O) groups is 2. The smallest absolute Gasteiger partial charge is 0.315 e. The number of hydrogen-bond donors (Lipinski definition) is 4. The summed E-state index contributed by atoms with van der Waals surface area (Å²) in [4.78, 5) is 22.1. The van der Waals surface area contributed by atoms with Crippen LogP contribution in [0.4, 0.5) is 4.79 Å². The normalized spacial score (nSPS) is 15.2. The average molecular weight is 257 g/mol. The van der Waals surface area contributed by atoms with Gasteiger partial charge in [0.2, 0.25) is 0 Å². The molecule has 1 aliphatic carbocycles. The van der Waals surface area contributed by atoms with Gasteiger partial charge in [-0.05, 0) is 39.7 Å². The van der Waals surface area contributed by atoms with Gasteiger partial charge in [0.05, 0.1) is 6.42 Å². The van der Waals surface area contributed by atoms with E-state index in [0.717, 1.165) is 13.0 Å². The largest absolute Gasteiger partial charge is 0.481 e. The van der Waals surface area contributed by atoms with Crippen molar-refractivity contribution in [3.63, 3.8) is 0 Å². The Kier molecular flexibility index (Phi) is 5.40. The van der Waals surface area contributed by atoms with E-state index in [2.05, 4.69) is 16.0 Å². The molecule has 0 aromatic heterocycles. The van der Waals surface area contributed by atoms with E-state index in [9.17, 15) is 9.59 Å². The molecule has 2 amide bonds. The molecular weight excluding hydrogens is 234 g/mol. The highest BCUT2D eigenvalue weighted by atomic mass is 16.4. The van der Waals surface area contributed by atoms with Crippen molar-refractivity contribution in [2.24, 2.45) is 0 Å². The van der Waals surface area contributed by atoms with Crippen molar-refractivity contribution in [2.45, 2.75) is 51.1 Å². The van der Waals surface area contributed by atoms with Crippen LogP contribution in [0.3, 0.4) is 0 Å². The quantitative estimate of drug-likeness (QED) is 0.481. The second kappa shape index (κ2) is 6.58. The highest BCUT2D eigenvalue weighted by Crippen LogP contribution is 2.18. The maximum Gasteiger partial charge on any atom is 0.315 e. The Balaban J connectivity index is 2.05. The Morgan fingerprint density at radius 2 is 1.94 bits per heavy atom. The van der Waals surface area contributed by atoms with Crippen LogP contribution in [0.25, 0.3) is 0 Å². The summed E-state index contributed by atoms with van der Waals surface area (Å²) >= 11 is 0. The van der Waals surface area contributed by atoms with Gasteiger partial charge < -0.3 is 21.1 Å². The van der Waals surface area contributed by atoms with Gasteiger partial charge in [0.1, 0.15) is 0 Å². The van der Waals surface area contributed by atoms with Crippen molar-refractivity contribution < 1.29 is 14.7 Å². The Morgan fingerprint density at radius 1 is 1.28 bits per heavy atom. The molecule has 104 valence electrons. The predicted molar refractivity (Wildman–Crippen MR) is 68.5 cm³/mol. The number of aliphatic carboxylic acids is 1. The van der Waals surface area contributed by atoms with Gasteiger partial charge in [-0.2, -0.15) is 0 Å². The van der Waals surface area contributed by atoms with Crippen molar-refractivity contribution >= 4 is 12.0 Å². The second-order valence-electron chi connectivity index (χ2n) is 5.42. The lowest BCUT2D eigenvalue weighted by molar-refractivity contribution is -0.138. The summed E-state index contributed by atoms with van der Waals surface area (Å²) < 4.78 is 0. The minimum atomic E-state index is -0.922. The molecule has 0 radical (unpaired) electrons. The number of carbonyl (C=O) groups excluding carboxylic acids is 1. The molecule has 4 N–H and O–H groups in total. The van der Waals surface area contributed by atoms with E-state index in [1.54, 1.807) is 13.8 Å². The van der Waals surface area contributed by atoms with E-state index in [-0.39, 0.29) is 12.5 Å². The molecule has 0 heterocycles. The summed E-state index contributed by atoms with van der Waals surface area (Å²) in [6, 6.07) is 0.376. The van der Waals surface area contributed by atoms with Gasteiger partial charge in [-0.25, -0.2) is 4.79 Å². The first-order valence-electron chi connectivity index (χ1n) is 6.40. The number of urea groups is 1. The first kappa shape index (κ1) is 14.8. The van der Waals surface area contributed by atoms with Crippen LogP contribution in [-0.4, -0.2) is 41.8 Å².